The fourth-order valence-corrected chi connectivity index (χ4v) is 3.30. The van der Waals surface area contributed by atoms with Gasteiger partial charge in [0.2, 0.25) is 0 Å². The van der Waals surface area contributed by atoms with Crippen LogP contribution in [0.25, 0.3) is 10.8 Å². The second kappa shape index (κ2) is 3.36. The van der Waals surface area contributed by atoms with Gasteiger partial charge in [0, 0.05) is 0 Å². The summed E-state index contributed by atoms with van der Waals surface area (Å²) >= 11 is 0. The Balaban J connectivity index is 2.53. The van der Waals surface area contributed by atoms with E-state index in [2.05, 4.69) is 65.0 Å². The minimum atomic E-state index is -0.232. The summed E-state index contributed by atoms with van der Waals surface area (Å²) in [6.45, 7) is 10.8. The molecule has 1 heterocycles. The van der Waals surface area contributed by atoms with Crippen LogP contribution in [0.5, 0.6) is 0 Å². The highest BCUT2D eigenvalue weighted by Crippen LogP contribution is 2.47. The third-order valence-corrected chi connectivity index (χ3v) is 4.07. The van der Waals surface area contributed by atoms with Crippen LogP contribution in [0.4, 0.5) is 0 Å². The molecule has 1 heteroatoms. The molecule has 1 aliphatic rings. The first-order valence-electron chi connectivity index (χ1n) is 6.56. The van der Waals surface area contributed by atoms with Gasteiger partial charge in [-0.05, 0) is 62.1 Å². The zero-order valence-corrected chi connectivity index (χ0v) is 11.8. The molecule has 0 unspecified atom stereocenters. The van der Waals surface area contributed by atoms with Gasteiger partial charge in [0.25, 0.3) is 0 Å². The minimum absolute atomic E-state index is 0.232. The standard InChI is InChI=1S/C17H20O/c1-11-9-10-14-15-12(11)7-6-8-13(15)16(2,3)18-17(14,4)5/h6-10H,1-5H3. The van der Waals surface area contributed by atoms with E-state index in [9.17, 15) is 0 Å². The molecule has 0 saturated heterocycles. The Bertz CT molecular complexity index is 615. The summed E-state index contributed by atoms with van der Waals surface area (Å²) in [6.07, 6.45) is 0. The average molecular weight is 240 g/mol. The van der Waals surface area contributed by atoms with Crippen molar-refractivity contribution in [3.8, 4) is 0 Å². The van der Waals surface area contributed by atoms with Crippen LogP contribution in [0.1, 0.15) is 44.4 Å². The predicted molar refractivity (Wildman–Crippen MR) is 75.8 cm³/mol. The van der Waals surface area contributed by atoms with E-state index in [1.807, 2.05) is 0 Å². The summed E-state index contributed by atoms with van der Waals surface area (Å²) < 4.78 is 6.32. The maximum atomic E-state index is 6.32. The molecule has 94 valence electrons. The molecule has 0 amide bonds. The summed E-state index contributed by atoms with van der Waals surface area (Å²) in [7, 11) is 0. The van der Waals surface area contributed by atoms with Gasteiger partial charge < -0.3 is 4.74 Å². The van der Waals surface area contributed by atoms with Crippen LogP contribution in [-0.2, 0) is 15.9 Å². The second-order valence-electron chi connectivity index (χ2n) is 6.28. The highest BCUT2D eigenvalue weighted by atomic mass is 16.5. The first-order chi connectivity index (χ1) is 8.33. The van der Waals surface area contributed by atoms with Gasteiger partial charge >= 0.3 is 0 Å². The number of hydrogen-bond acceptors (Lipinski definition) is 1. The molecule has 0 N–H and O–H groups in total. The summed E-state index contributed by atoms with van der Waals surface area (Å²) in [5.74, 6) is 0. The smallest absolute Gasteiger partial charge is 0.0893 e. The molecule has 18 heavy (non-hydrogen) atoms. The first kappa shape index (κ1) is 11.7. The third-order valence-electron chi connectivity index (χ3n) is 4.07. The van der Waals surface area contributed by atoms with Crippen molar-refractivity contribution in [3.63, 3.8) is 0 Å². The lowest BCUT2D eigenvalue weighted by Crippen LogP contribution is -2.37. The topological polar surface area (TPSA) is 9.23 Å². The number of hydrogen-bond donors (Lipinski definition) is 0. The fraction of sp³-hybridized carbons (Fsp3) is 0.412. The fourth-order valence-electron chi connectivity index (χ4n) is 3.30. The van der Waals surface area contributed by atoms with Crippen molar-refractivity contribution in [1.82, 2.24) is 0 Å². The summed E-state index contributed by atoms with van der Waals surface area (Å²) in [5, 5.41) is 2.74. The molecule has 1 aliphatic heterocycles. The second-order valence-corrected chi connectivity index (χ2v) is 6.28. The third kappa shape index (κ3) is 1.44. The van der Waals surface area contributed by atoms with Crippen LogP contribution in [0.15, 0.2) is 30.3 Å². The molecule has 0 bridgehead atoms. The van der Waals surface area contributed by atoms with Crippen molar-refractivity contribution in [2.45, 2.75) is 45.8 Å². The van der Waals surface area contributed by atoms with Crippen LogP contribution >= 0.6 is 0 Å². The SMILES string of the molecule is Cc1ccc2c3c(cccc13)C(C)(C)OC2(C)C. The van der Waals surface area contributed by atoms with Crippen molar-refractivity contribution in [3.05, 3.63) is 47.0 Å². The number of ether oxygens (including phenoxy) is 1. The highest BCUT2D eigenvalue weighted by molar-refractivity contribution is 5.93. The van der Waals surface area contributed by atoms with Crippen molar-refractivity contribution < 1.29 is 4.74 Å². The Morgan fingerprint density at radius 2 is 1.44 bits per heavy atom. The van der Waals surface area contributed by atoms with Gasteiger partial charge in [0.05, 0.1) is 11.2 Å². The molecule has 3 rings (SSSR count). The molecule has 0 atom stereocenters. The van der Waals surface area contributed by atoms with E-state index in [0.29, 0.717) is 0 Å². The first-order valence-corrected chi connectivity index (χ1v) is 6.56. The molecule has 0 radical (unpaired) electrons. The molecule has 2 aromatic carbocycles. The van der Waals surface area contributed by atoms with E-state index in [1.165, 1.54) is 27.5 Å². The van der Waals surface area contributed by atoms with Crippen molar-refractivity contribution in [2.75, 3.05) is 0 Å². The van der Waals surface area contributed by atoms with E-state index in [0.717, 1.165) is 0 Å². The van der Waals surface area contributed by atoms with E-state index < -0.39 is 0 Å². The van der Waals surface area contributed by atoms with Crippen molar-refractivity contribution in [1.29, 1.82) is 0 Å². The zero-order chi connectivity index (χ0) is 13.1. The summed E-state index contributed by atoms with van der Waals surface area (Å²) in [4.78, 5) is 0. The molecule has 0 fully saturated rings. The van der Waals surface area contributed by atoms with Crippen LogP contribution < -0.4 is 0 Å². The number of aryl methyl sites for hydroxylation is 1. The highest BCUT2D eigenvalue weighted by Gasteiger charge is 2.39. The lowest BCUT2D eigenvalue weighted by Gasteiger charge is -2.43. The summed E-state index contributed by atoms with van der Waals surface area (Å²) in [6, 6.07) is 11.0. The predicted octanol–water partition coefficient (Wildman–Crippen LogP) is 4.65. The average Bonchev–Trinajstić information content (AvgIpc) is 2.26. The van der Waals surface area contributed by atoms with Gasteiger partial charge in [-0.15, -0.1) is 0 Å². The Labute approximate surface area is 109 Å². The lowest BCUT2D eigenvalue weighted by molar-refractivity contribution is -0.136. The van der Waals surface area contributed by atoms with Gasteiger partial charge in [-0.1, -0.05) is 30.3 Å². The van der Waals surface area contributed by atoms with Gasteiger partial charge in [0.1, 0.15) is 0 Å². The Morgan fingerprint density at radius 1 is 0.833 bits per heavy atom. The normalized spacial score (nSPS) is 20.1. The molecule has 0 saturated carbocycles. The lowest BCUT2D eigenvalue weighted by atomic mass is 9.80. The maximum Gasteiger partial charge on any atom is 0.0893 e. The maximum absolute atomic E-state index is 6.32. The largest absolute Gasteiger partial charge is 0.360 e. The molecule has 2 aromatic rings. The van der Waals surface area contributed by atoms with Gasteiger partial charge in [-0.3, -0.25) is 0 Å². The summed E-state index contributed by atoms with van der Waals surface area (Å²) in [5.41, 5.74) is 3.48. The van der Waals surface area contributed by atoms with E-state index >= 15 is 0 Å². The van der Waals surface area contributed by atoms with Crippen LogP contribution in [-0.4, -0.2) is 0 Å². The Hall–Kier alpha value is -1.34. The van der Waals surface area contributed by atoms with E-state index in [-0.39, 0.29) is 11.2 Å². The zero-order valence-electron chi connectivity index (χ0n) is 11.8. The molecule has 1 nitrogen and oxygen atoms in total. The van der Waals surface area contributed by atoms with Crippen LogP contribution in [0.3, 0.4) is 0 Å². The van der Waals surface area contributed by atoms with Crippen molar-refractivity contribution >= 4 is 10.8 Å². The monoisotopic (exact) mass is 240 g/mol. The van der Waals surface area contributed by atoms with Gasteiger partial charge in [-0.2, -0.15) is 0 Å². The number of benzene rings is 2. The number of rotatable bonds is 0. The van der Waals surface area contributed by atoms with Crippen LogP contribution in [0.2, 0.25) is 0 Å². The van der Waals surface area contributed by atoms with Crippen molar-refractivity contribution in [2.24, 2.45) is 0 Å². The van der Waals surface area contributed by atoms with Crippen LogP contribution in [0, 0.1) is 6.92 Å². The van der Waals surface area contributed by atoms with Gasteiger partial charge in [-0.25, -0.2) is 0 Å². The molecular formula is C17H20O. The van der Waals surface area contributed by atoms with Gasteiger partial charge in [0.15, 0.2) is 0 Å². The molecule has 0 spiro atoms. The minimum Gasteiger partial charge on any atom is -0.360 e. The van der Waals surface area contributed by atoms with E-state index in [1.54, 1.807) is 0 Å². The Morgan fingerprint density at radius 3 is 2.11 bits per heavy atom. The molecule has 0 aliphatic carbocycles. The quantitative estimate of drug-likeness (QED) is 0.651. The Kier molecular flexibility index (Phi) is 2.19. The molecule has 0 aromatic heterocycles. The molecular weight excluding hydrogens is 220 g/mol. The van der Waals surface area contributed by atoms with E-state index in [4.69, 9.17) is 4.74 Å².